The van der Waals surface area contributed by atoms with Crippen molar-refractivity contribution >= 4 is 18.0 Å². The second-order valence-electron chi connectivity index (χ2n) is 3.55. The molecule has 0 aliphatic carbocycles. The van der Waals surface area contributed by atoms with E-state index in [9.17, 15) is 9.59 Å². The monoisotopic (exact) mass is 249 g/mol. The fourth-order valence-corrected chi connectivity index (χ4v) is 1.33. The molecule has 0 atom stereocenters. The Balaban J connectivity index is 2.90. The summed E-state index contributed by atoms with van der Waals surface area (Å²) in [6, 6.07) is 6.91. The maximum Gasteiger partial charge on any atom is 0.352 e. The number of aliphatic carboxylic acids is 1. The van der Waals surface area contributed by atoms with E-state index in [-0.39, 0.29) is 5.70 Å². The third-order valence-electron chi connectivity index (χ3n) is 2.04. The van der Waals surface area contributed by atoms with Crippen LogP contribution in [0, 0.1) is 0 Å². The minimum absolute atomic E-state index is 0.161. The Morgan fingerprint density at radius 2 is 1.94 bits per heavy atom. The van der Waals surface area contributed by atoms with Gasteiger partial charge in [0.2, 0.25) is 5.91 Å². The molecule has 0 saturated heterocycles. The second-order valence-corrected chi connectivity index (χ2v) is 3.55. The Morgan fingerprint density at radius 1 is 1.33 bits per heavy atom. The van der Waals surface area contributed by atoms with Crippen molar-refractivity contribution < 1.29 is 19.4 Å². The van der Waals surface area contributed by atoms with E-state index in [4.69, 9.17) is 9.84 Å². The number of carbonyl (C=O) groups is 2. The molecule has 0 aliphatic heterocycles. The zero-order chi connectivity index (χ0) is 13.5. The van der Waals surface area contributed by atoms with Crippen LogP contribution in [0.1, 0.15) is 19.4 Å². The third-order valence-corrected chi connectivity index (χ3v) is 2.04. The molecule has 0 fully saturated rings. The van der Waals surface area contributed by atoms with Crippen LogP contribution < -0.4 is 10.1 Å². The van der Waals surface area contributed by atoms with E-state index < -0.39 is 11.9 Å². The highest BCUT2D eigenvalue weighted by atomic mass is 16.5. The molecule has 1 aromatic rings. The van der Waals surface area contributed by atoms with Gasteiger partial charge in [-0.05, 0) is 30.7 Å². The number of carbonyl (C=O) groups excluding carboxylic acids is 1. The quantitative estimate of drug-likeness (QED) is 0.778. The van der Waals surface area contributed by atoms with Crippen molar-refractivity contribution in [1.29, 1.82) is 0 Å². The Kier molecular flexibility index (Phi) is 4.92. The Labute approximate surface area is 105 Å². The SMILES string of the molecule is CCOc1ccc(C=C(NC(C)=O)C(=O)O)cc1. The van der Waals surface area contributed by atoms with E-state index in [2.05, 4.69) is 5.32 Å². The van der Waals surface area contributed by atoms with Gasteiger partial charge in [0.15, 0.2) is 0 Å². The highest BCUT2D eigenvalue weighted by Crippen LogP contribution is 2.14. The first-order valence-corrected chi connectivity index (χ1v) is 5.48. The number of amides is 1. The van der Waals surface area contributed by atoms with Crippen LogP contribution in [-0.2, 0) is 9.59 Å². The van der Waals surface area contributed by atoms with Crippen molar-refractivity contribution in [3.05, 3.63) is 35.5 Å². The standard InChI is InChI=1S/C13H15NO4/c1-3-18-11-6-4-10(5-7-11)8-12(13(16)17)14-9(2)15/h4-8H,3H2,1-2H3,(H,14,15)(H,16,17). The summed E-state index contributed by atoms with van der Waals surface area (Å²) in [5.74, 6) is -0.889. The molecular weight excluding hydrogens is 234 g/mol. The molecule has 2 N–H and O–H groups in total. The summed E-state index contributed by atoms with van der Waals surface area (Å²) in [6.45, 7) is 3.71. The predicted molar refractivity (Wildman–Crippen MR) is 67.0 cm³/mol. The van der Waals surface area contributed by atoms with E-state index in [1.807, 2.05) is 6.92 Å². The molecule has 1 aromatic carbocycles. The van der Waals surface area contributed by atoms with E-state index >= 15 is 0 Å². The van der Waals surface area contributed by atoms with Crippen LogP contribution in [-0.4, -0.2) is 23.6 Å². The molecule has 18 heavy (non-hydrogen) atoms. The molecule has 0 saturated carbocycles. The van der Waals surface area contributed by atoms with Crippen molar-refractivity contribution in [2.45, 2.75) is 13.8 Å². The Morgan fingerprint density at radius 3 is 2.39 bits per heavy atom. The molecule has 5 heteroatoms. The lowest BCUT2D eigenvalue weighted by Crippen LogP contribution is -2.24. The van der Waals surface area contributed by atoms with E-state index in [0.717, 1.165) is 0 Å². The van der Waals surface area contributed by atoms with Crippen molar-refractivity contribution in [3.8, 4) is 5.75 Å². The summed E-state index contributed by atoms with van der Waals surface area (Å²) >= 11 is 0. The van der Waals surface area contributed by atoms with Gasteiger partial charge in [-0.15, -0.1) is 0 Å². The lowest BCUT2D eigenvalue weighted by molar-refractivity contribution is -0.134. The van der Waals surface area contributed by atoms with Crippen LogP contribution in [0.25, 0.3) is 6.08 Å². The fraction of sp³-hybridized carbons (Fsp3) is 0.231. The summed E-state index contributed by atoms with van der Waals surface area (Å²) in [5, 5.41) is 11.2. The van der Waals surface area contributed by atoms with Gasteiger partial charge in [0.25, 0.3) is 0 Å². The van der Waals surface area contributed by atoms with Gasteiger partial charge < -0.3 is 15.2 Å². The number of ether oxygens (including phenoxy) is 1. The van der Waals surface area contributed by atoms with Crippen LogP contribution in [0.3, 0.4) is 0 Å². The van der Waals surface area contributed by atoms with Crippen LogP contribution in [0.2, 0.25) is 0 Å². The van der Waals surface area contributed by atoms with Crippen LogP contribution >= 0.6 is 0 Å². The van der Waals surface area contributed by atoms with Gasteiger partial charge in [-0.3, -0.25) is 4.79 Å². The highest BCUT2D eigenvalue weighted by Gasteiger charge is 2.08. The predicted octanol–water partition coefficient (Wildman–Crippen LogP) is 1.65. The first-order chi connectivity index (χ1) is 8.52. The number of nitrogens with one attached hydrogen (secondary N) is 1. The Bertz CT molecular complexity index is 462. The van der Waals surface area contributed by atoms with Gasteiger partial charge >= 0.3 is 5.97 Å². The summed E-state index contributed by atoms with van der Waals surface area (Å²) in [5.41, 5.74) is 0.510. The summed E-state index contributed by atoms with van der Waals surface area (Å²) in [7, 11) is 0. The molecule has 0 heterocycles. The van der Waals surface area contributed by atoms with Crippen molar-refractivity contribution in [2.24, 2.45) is 0 Å². The molecule has 0 radical (unpaired) electrons. The first-order valence-electron chi connectivity index (χ1n) is 5.48. The number of benzene rings is 1. The molecular formula is C13H15NO4. The molecule has 0 aromatic heterocycles. The van der Waals surface area contributed by atoms with Crippen molar-refractivity contribution in [2.75, 3.05) is 6.61 Å². The number of rotatable bonds is 5. The second kappa shape index (κ2) is 6.44. The van der Waals surface area contributed by atoms with Gasteiger partial charge in [-0.1, -0.05) is 12.1 Å². The van der Waals surface area contributed by atoms with Gasteiger partial charge in [0.05, 0.1) is 6.61 Å². The number of carboxylic acid groups (broad SMARTS) is 1. The largest absolute Gasteiger partial charge is 0.494 e. The van der Waals surface area contributed by atoms with Gasteiger partial charge in [-0.2, -0.15) is 0 Å². The maximum absolute atomic E-state index is 10.9. The van der Waals surface area contributed by atoms with Crippen LogP contribution in [0.5, 0.6) is 5.75 Å². The summed E-state index contributed by atoms with van der Waals surface area (Å²) in [4.78, 5) is 21.8. The van der Waals surface area contributed by atoms with E-state index in [1.54, 1.807) is 24.3 Å². The Hall–Kier alpha value is -2.30. The van der Waals surface area contributed by atoms with Crippen molar-refractivity contribution in [3.63, 3.8) is 0 Å². The highest BCUT2D eigenvalue weighted by molar-refractivity contribution is 5.96. The van der Waals surface area contributed by atoms with Crippen molar-refractivity contribution in [1.82, 2.24) is 5.32 Å². The average Bonchev–Trinajstić information content (AvgIpc) is 2.30. The van der Waals surface area contributed by atoms with E-state index in [0.29, 0.717) is 17.9 Å². The zero-order valence-electron chi connectivity index (χ0n) is 10.3. The number of hydrogen-bond donors (Lipinski definition) is 2. The van der Waals surface area contributed by atoms with E-state index in [1.165, 1.54) is 13.0 Å². The number of carboxylic acids is 1. The maximum atomic E-state index is 10.9. The molecule has 0 spiro atoms. The van der Waals surface area contributed by atoms with Gasteiger partial charge in [0.1, 0.15) is 11.4 Å². The van der Waals surface area contributed by atoms with Gasteiger partial charge in [-0.25, -0.2) is 4.79 Å². The zero-order valence-corrected chi connectivity index (χ0v) is 10.3. The summed E-state index contributed by atoms with van der Waals surface area (Å²) in [6.07, 6.45) is 1.39. The lowest BCUT2D eigenvalue weighted by atomic mass is 10.2. The topological polar surface area (TPSA) is 75.6 Å². The molecule has 0 bridgehead atoms. The summed E-state index contributed by atoms with van der Waals surface area (Å²) < 4.78 is 5.27. The third kappa shape index (κ3) is 4.29. The number of hydrogen-bond acceptors (Lipinski definition) is 3. The molecule has 1 rings (SSSR count). The molecule has 0 aliphatic rings. The van der Waals surface area contributed by atoms with Crippen LogP contribution in [0.4, 0.5) is 0 Å². The molecule has 0 unspecified atom stereocenters. The fourth-order valence-electron chi connectivity index (χ4n) is 1.33. The molecule has 5 nitrogen and oxygen atoms in total. The van der Waals surface area contributed by atoms with Gasteiger partial charge in [0, 0.05) is 6.92 Å². The minimum Gasteiger partial charge on any atom is -0.494 e. The minimum atomic E-state index is -1.18. The normalized spacial score (nSPS) is 10.9. The average molecular weight is 249 g/mol. The molecule has 1 amide bonds. The van der Waals surface area contributed by atoms with Crippen LogP contribution in [0.15, 0.2) is 30.0 Å². The molecule has 96 valence electrons. The first kappa shape index (κ1) is 13.8. The lowest BCUT2D eigenvalue weighted by Gasteiger charge is -2.04. The smallest absolute Gasteiger partial charge is 0.352 e.